The monoisotopic (exact) mass is 421 g/mol. The minimum atomic E-state index is -0.983. The van der Waals surface area contributed by atoms with Crippen molar-refractivity contribution >= 4 is 51.5 Å². The van der Waals surface area contributed by atoms with Crippen LogP contribution in [0.4, 0.5) is 5.13 Å². The van der Waals surface area contributed by atoms with Crippen molar-refractivity contribution in [3.8, 4) is 11.3 Å². The van der Waals surface area contributed by atoms with Gasteiger partial charge in [-0.05, 0) is 31.2 Å². The Kier molecular flexibility index (Phi) is 6.05. The van der Waals surface area contributed by atoms with E-state index in [0.717, 1.165) is 5.56 Å². The molecule has 0 radical (unpaired) electrons. The van der Waals surface area contributed by atoms with Crippen LogP contribution in [-0.2, 0) is 9.53 Å². The van der Waals surface area contributed by atoms with E-state index in [1.165, 1.54) is 42.8 Å². The van der Waals surface area contributed by atoms with Crippen LogP contribution in [0.1, 0.15) is 17.3 Å². The Morgan fingerprint density at radius 2 is 1.89 bits per heavy atom. The number of rotatable bonds is 5. The fourth-order valence-electron chi connectivity index (χ4n) is 2.10. The van der Waals surface area contributed by atoms with E-state index in [1.807, 2.05) is 0 Å². The molecule has 0 fully saturated rings. The molecule has 0 aliphatic carbocycles. The number of nitrogens with one attached hydrogen (secondary N) is 1. The van der Waals surface area contributed by atoms with Gasteiger partial charge < -0.3 is 4.74 Å². The molecule has 3 rings (SSSR count). The maximum atomic E-state index is 12.3. The lowest BCUT2D eigenvalue weighted by Gasteiger charge is -2.12. The van der Waals surface area contributed by atoms with Gasteiger partial charge in [0.15, 0.2) is 11.2 Å². The van der Waals surface area contributed by atoms with Gasteiger partial charge in [0, 0.05) is 23.3 Å². The second kappa shape index (κ2) is 8.47. The molecule has 9 heteroatoms. The molecule has 0 saturated carbocycles. The molecule has 1 atom stereocenters. The first-order valence-corrected chi connectivity index (χ1v) is 9.40. The Balaban J connectivity index is 1.63. The average Bonchev–Trinajstić information content (AvgIpc) is 3.13. The maximum absolute atomic E-state index is 12.3. The van der Waals surface area contributed by atoms with Crippen molar-refractivity contribution in [2.75, 3.05) is 5.32 Å². The summed E-state index contributed by atoms with van der Waals surface area (Å²) in [6.45, 7) is 1.49. The highest BCUT2D eigenvalue weighted by Crippen LogP contribution is 2.30. The zero-order valence-corrected chi connectivity index (χ0v) is 16.3. The second-order valence-electron chi connectivity index (χ2n) is 5.44. The van der Waals surface area contributed by atoms with Crippen LogP contribution in [0.3, 0.4) is 0 Å². The highest BCUT2D eigenvalue weighted by Gasteiger charge is 2.20. The summed E-state index contributed by atoms with van der Waals surface area (Å²) in [7, 11) is 0. The molecular formula is C18H13Cl2N3O3S. The average molecular weight is 422 g/mol. The third-order valence-electron chi connectivity index (χ3n) is 3.52. The van der Waals surface area contributed by atoms with Gasteiger partial charge in [0.2, 0.25) is 0 Å². The number of carbonyl (C=O) groups excluding carboxylic acids is 2. The van der Waals surface area contributed by atoms with E-state index in [1.54, 1.807) is 23.6 Å². The minimum absolute atomic E-state index is 0.320. The van der Waals surface area contributed by atoms with E-state index in [2.05, 4.69) is 15.3 Å². The van der Waals surface area contributed by atoms with Gasteiger partial charge in [-0.3, -0.25) is 15.1 Å². The van der Waals surface area contributed by atoms with Crippen molar-refractivity contribution in [2.45, 2.75) is 13.0 Å². The highest BCUT2D eigenvalue weighted by molar-refractivity contribution is 7.14. The molecule has 0 aliphatic heterocycles. The summed E-state index contributed by atoms with van der Waals surface area (Å²) in [5.41, 5.74) is 1.74. The normalized spacial score (nSPS) is 11.7. The summed E-state index contributed by atoms with van der Waals surface area (Å²) < 4.78 is 5.16. The highest BCUT2D eigenvalue weighted by atomic mass is 35.5. The molecular weight excluding hydrogens is 409 g/mol. The van der Waals surface area contributed by atoms with E-state index < -0.39 is 18.0 Å². The number of benzene rings is 1. The van der Waals surface area contributed by atoms with E-state index >= 15 is 0 Å². The summed E-state index contributed by atoms with van der Waals surface area (Å²) in [4.78, 5) is 32.4. The number of halogens is 2. The summed E-state index contributed by atoms with van der Waals surface area (Å²) >= 11 is 13.2. The third-order valence-corrected chi connectivity index (χ3v) is 5.02. The number of pyridine rings is 1. The van der Waals surface area contributed by atoms with Crippen LogP contribution in [0.2, 0.25) is 10.0 Å². The van der Waals surface area contributed by atoms with Gasteiger partial charge in [-0.1, -0.05) is 29.3 Å². The van der Waals surface area contributed by atoms with Crippen molar-refractivity contribution in [1.29, 1.82) is 0 Å². The molecule has 0 bridgehead atoms. The van der Waals surface area contributed by atoms with Crippen LogP contribution in [0, 0.1) is 0 Å². The Labute approximate surface area is 169 Å². The predicted octanol–water partition coefficient (Wildman–Crippen LogP) is 4.70. The van der Waals surface area contributed by atoms with Crippen LogP contribution in [0.25, 0.3) is 11.3 Å². The number of carbonyl (C=O) groups is 2. The van der Waals surface area contributed by atoms with Crippen molar-refractivity contribution < 1.29 is 14.3 Å². The number of anilines is 1. The van der Waals surface area contributed by atoms with Gasteiger partial charge in [0.25, 0.3) is 5.91 Å². The quantitative estimate of drug-likeness (QED) is 0.603. The third kappa shape index (κ3) is 4.82. The number of nitrogens with zero attached hydrogens (tertiary/aromatic N) is 2. The maximum Gasteiger partial charge on any atom is 0.339 e. The molecule has 0 spiro atoms. The van der Waals surface area contributed by atoms with Gasteiger partial charge in [-0.15, -0.1) is 11.3 Å². The zero-order valence-electron chi connectivity index (χ0n) is 14.0. The minimum Gasteiger partial charge on any atom is -0.449 e. The fraction of sp³-hybridized carbons (Fsp3) is 0.111. The van der Waals surface area contributed by atoms with Crippen molar-refractivity contribution in [3.63, 3.8) is 0 Å². The summed E-state index contributed by atoms with van der Waals surface area (Å²) in [6, 6.07) is 8.18. The van der Waals surface area contributed by atoms with Crippen LogP contribution in [0.5, 0.6) is 0 Å². The predicted molar refractivity (Wildman–Crippen MR) is 105 cm³/mol. The van der Waals surface area contributed by atoms with Crippen molar-refractivity contribution in [3.05, 3.63) is 63.7 Å². The molecule has 0 unspecified atom stereocenters. The fourth-order valence-corrected chi connectivity index (χ4v) is 3.12. The topological polar surface area (TPSA) is 81.2 Å². The number of ether oxygens (including phenoxy) is 1. The largest absolute Gasteiger partial charge is 0.449 e. The van der Waals surface area contributed by atoms with E-state index in [0.29, 0.717) is 26.4 Å². The summed E-state index contributed by atoms with van der Waals surface area (Å²) in [5.74, 6) is -1.08. The zero-order chi connectivity index (χ0) is 19.4. The van der Waals surface area contributed by atoms with Gasteiger partial charge in [0.05, 0.1) is 21.3 Å². The molecule has 138 valence electrons. The Morgan fingerprint density at radius 1 is 1.15 bits per heavy atom. The first-order valence-electron chi connectivity index (χ1n) is 7.77. The van der Waals surface area contributed by atoms with Crippen LogP contribution < -0.4 is 5.32 Å². The molecule has 2 aromatic heterocycles. The van der Waals surface area contributed by atoms with Crippen molar-refractivity contribution in [1.82, 2.24) is 9.97 Å². The van der Waals surface area contributed by atoms with E-state index in [9.17, 15) is 9.59 Å². The van der Waals surface area contributed by atoms with E-state index in [-0.39, 0.29) is 0 Å². The number of hydrogen-bond acceptors (Lipinski definition) is 6. The number of hydrogen-bond donors (Lipinski definition) is 1. The lowest BCUT2D eigenvalue weighted by atomic mass is 10.2. The Hall–Kier alpha value is -2.48. The molecule has 1 N–H and O–H groups in total. The van der Waals surface area contributed by atoms with Crippen LogP contribution >= 0.6 is 34.5 Å². The lowest BCUT2D eigenvalue weighted by Crippen LogP contribution is -2.29. The van der Waals surface area contributed by atoms with Gasteiger partial charge in [0.1, 0.15) is 0 Å². The second-order valence-corrected chi connectivity index (χ2v) is 7.11. The molecule has 27 heavy (non-hydrogen) atoms. The number of esters is 1. The smallest absolute Gasteiger partial charge is 0.339 e. The molecule has 6 nitrogen and oxygen atoms in total. The molecule has 0 aliphatic rings. The van der Waals surface area contributed by atoms with Gasteiger partial charge in [-0.2, -0.15) is 0 Å². The summed E-state index contributed by atoms with van der Waals surface area (Å²) in [6.07, 6.45) is 1.96. The molecule has 0 saturated heterocycles. The van der Waals surface area contributed by atoms with E-state index in [4.69, 9.17) is 27.9 Å². The molecule has 2 heterocycles. The van der Waals surface area contributed by atoms with Crippen LogP contribution in [-0.4, -0.2) is 27.9 Å². The first kappa shape index (κ1) is 19.3. The van der Waals surface area contributed by atoms with Gasteiger partial charge in [-0.25, -0.2) is 9.78 Å². The molecule has 3 aromatic rings. The summed E-state index contributed by atoms with van der Waals surface area (Å²) in [5, 5.41) is 5.67. The SMILES string of the molecule is C[C@@H](OC(=O)c1ccncc1)C(=O)Nc1nc(-c2ccc(Cl)c(Cl)c2)cs1. The number of thiazole rings is 1. The van der Waals surface area contributed by atoms with Crippen LogP contribution in [0.15, 0.2) is 48.1 Å². The molecule has 1 amide bonds. The number of amides is 1. The standard InChI is InChI=1S/C18H13Cl2N3O3S/c1-10(26-17(25)11-4-6-21-7-5-11)16(24)23-18-22-15(9-27-18)12-2-3-13(19)14(20)8-12/h2-10H,1H3,(H,22,23,24)/t10-/m1/s1. The number of aromatic nitrogens is 2. The molecule has 1 aromatic carbocycles. The Bertz CT molecular complexity index is 979. The van der Waals surface area contributed by atoms with Crippen molar-refractivity contribution in [2.24, 2.45) is 0 Å². The first-order chi connectivity index (χ1) is 12.9. The Morgan fingerprint density at radius 3 is 2.59 bits per heavy atom. The van der Waals surface area contributed by atoms with Gasteiger partial charge >= 0.3 is 5.97 Å². The lowest BCUT2D eigenvalue weighted by molar-refractivity contribution is -0.123.